The molecule has 15 heavy (non-hydrogen) atoms. The van der Waals surface area contributed by atoms with Crippen molar-refractivity contribution in [1.29, 1.82) is 0 Å². The lowest BCUT2D eigenvalue weighted by atomic mass is 10.4. The molecule has 8 heteroatoms. The Morgan fingerprint density at radius 3 is 2.93 bits per heavy atom. The van der Waals surface area contributed by atoms with Crippen LogP contribution in [0.3, 0.4) is 0 Å². The normalized spacial score (nSPS) is 14.0. The molecule has 0 fully saturated rings. The number of rotatable bonds is 6. The number of ether oxygens (including phenoxy) is 1. The molecule has 0 saturated heterocycles. The van der Waals surface area contributed by atoms with Gasteiger partial charge in [-0.2, -0.15) is 0 Å². The van der Waals surface area contributed by atoms with Crippen LogP contribution in [0.5, 0.6) is 0 Å². The van der Waals surface area contributed by atoms with E-state index in [0.717, 1.165) is 0 Å². The van der Waals surface area contributed by atoms with Crippen molar-refractivity contribution in [1.82, 2.24) is 14.7 Å². The van der Waals surface area contributed by atoms with Crippen LogP contribution in [0.25, 0.3) is 0 Å². The standard InChI is InChI=1S/C7H12BrN3O3S/c1-14-4-6(2-8)11-15(12,13)7-3-9-5-10-7/h3,5-6,11H,2,4H2,1H3,(H,9,10). The van der Waals surface area contributed by atoms with Gasteiger partial charge in [-0.3, -0.25) is 0 Å². The highest BCUT2D eigenvalue weighted by Crippen LogP contribution is 2.04. The first-order chi connectivity index (χ1) is 7.10. The van der Waals surface area contributed by atoms with Crippen LogP contribution < -0.4 is 4.72 Å². The summed E-state index contributed by atoms with van der Waals surface area (Å²) < 4.78 is 30.7. The van der Waals surface area contributed by atoms with Crippen LogP contribution in [0.4, 0.5) is 0 Å². The molecular weight excluding hydrogens is 286 g/mol. The fourth-order valence-electron chi connectivity index (χ4n) is 0.984. The Morgan fingerprint density at radius 2 is 2.47 bits per heavy atom. The third-order valence-electron chi connectivity index (χ3n) is 1.64. The second kappa shape index (κ2) is 5.59. The highest BCUT2D eigenvalue weighted by Gasteiger charge is 2.20. The average molecular weight is 298 g/mol. The van der Waals surface area contributed by atoms with E-state index in [9.17, 15) is 8.42 Å². The van der Waals surface area contributed by atoms with E-state index in [1.54, 1.807) is 0 Å². The van der Waals surface area contributed by atoms with Crippen molar-refractivity contribution in [3.8, 4) is 0 Å². The Bertz CT molecular complexity index is 378. The van der Waals surface area contributed by atoms with Crippen molar-refractivity contribution in [2.75, 3.05) is 19.0 Å². The van der Waals surface area contributed by atoms with Crippen molar-refractivity contribution in [2.45, 2.75) is 11.1 Å². The van der Waals surface area contributed by atoms with Gasteiger partial charge in [0.25, 0.3) is 10.0 Å². The van der Waals surface area contributed by atoms with Gasteiger partial charge in [0.1, 0.15) is 0 Å². The van der Waals surface area contributed by atoms with Crippen LogP contribution in [0.1, 0.15) is 0 Å². The van der Waals surface area contributed by atoms with Gasteiger partial charge in [-0.05, 0) is 0 Å². The maximum atomic E-state index is 11.7. The van der Waals surface area contributed by atoms with Gasteiger partial charge in [-0.15, -0.1) is 0 Å². The SMILES string of the molecule is COCC(CBr)NS(=O)(=O)c1cnc[nH]1. The van der Waals surface area contributed by atoms with Gasteiger partial charge in [0.15, 0.2) is 5.03 Å². The fourth-order valence-corrected chi connectivity index (χ4v) is 2.67. The second-order valence-corrected chi connectivity index (χ2v) is 5.17. The number of methoxy groups -OCH3 is 1. The van der Waals surface area contributed by atoms with E-state index >= 15 is 0 Å². The third-order valence-corrected chi connectivity index (χ3v) is 3.87. The number of halogens is 1. The lowest BCUT2D eigenvalue weighted by Gasteiger charge is -2.14. The molecule has 0 aromatic carbocycles. The van der Waals surface area contributed by atoms with Crippen molar-refractivity contribution in [2.24, 2.45) is 0 Å². The second-order valence-electron chi connectivity index (χ2n) is 2.84. The van der Waals surface area contributed by atoms with Crippen LogP contribution in [-0.2, 0) is 14.8 Å². The average Bonchev–Trinajstić information content (AvgIpc) is 2.70. The Morgan fingerprint density at radius 1 is 1.73 bits per heavy atom. The Labute approximate surface area is 96.6 Å². The van der Waals surface area contributed by atoms with Crippen LogP contribution in [0, 0.1) is 0 Å². The van der Waals surface area contributed by atoms with Crippen LogP contribution in [-0.4, -0.2) is 43.5 Å². The quantitative estimate of drug-likeness (QED) is 0.730. The topological polar surface area (TPSA) is 84.1 Å². The number of imidazole rings is 1. The lowest BCUT2D eigenvalue weighted by Crippen LogP contribution is -2.39. The van der Waals surface area contributed by atoms with Crippen LogP contribution in [0.2, 0.25) is 0 Å². The monoisotopic (exact) mass is 297 g/mol. The number of H-pyrrole nitrogens is 1. The van der Waals surface area contributed by atoms with E-state index in [0.29, 0.717) is 11.9 Å². The first-order valence-electron chi connectivity index (χ1n) is 4.15. The molecule has 0 amide bonds. The molecule has 6 nitrogen and oxygen atoms in total. The third kappa shape index (κ3) is 3.56. The molecule has 0 spiro atoms. The Hall–Kier alpha value is -0.440. The molecule has 1 atom stereocenters. The fraction of sp³-hybridized carbons (Fsp3) is 0.571. The smallest absolute Gasteiger partial charge is 0.257 e. The number of aromatic amines is 1. The summed E-state index contributed by atoms with van der Waals surface area (Å²) in [4.78, 5) is 6.18. The Kier molecular flexibility index (Phi) is 4.71. The first-order valence-corrected chi connectivity index (χ1v) is 6.76. The minimum absolute atomic E-state index is 0.0459. The van der Waals surface area contributed by atoms with Crippen LogP contribution in [0.15, 0.2) is 17.6 Å². The summed E-state index contributed by atoms with van der Waals surface area (Å²) in [5.74, 6) is 0. The first kappa shape index (κ1) is 12.6. The number of nitrogens with zero attached hydrogens (tertiary/aromatic N) is 1. The predicted molar refractivity (Wildman–Crippen MR) is 58.4 cm³/mol. The zero-order valence-electron chi connectivity index (χ0n) is 8.10. The summed E-state index contributed by atoms with van der Waals surface area (Å²) in [6.07, 6.45) is 2.56. The van der Waals surface area contributed by atoms with Gasteiger partial charge in [0.05, 0.1) is 25.2 Å². The molecule has 1 rings (SSSR count). The van der Waals surface area contributed by atoms with Gasteiger partial charge in [0.2, 0.25) is 0 Å². The highest BCUT2D eigenvalue weighted by molar-refractivity contribution is 9.09. The van der Waals surface area contributed by atoms with Crippen molar-refractivity contribution < 1.29 is 13.2 Å². The number of hydrogen-bond acceptors (Lipinski definition) is 4. The maximum Gasteiger partial charge on any atom is 0.257 e. The number of aromatic nitrogens is 2. The number of alkyl halides is 1. The van der Waals surface area contributed by atoms with Gasteiger partial charge in [0, 0.05) is 12.4 Å². The lowest BCUT2D eigenvalue weighted by molar-refractivity contribution is 0.182. The molecule has 2 N–H and O–H groups in total. The van der Waals surface area contributed by atoms with E-state index in [2.05, 4.69) is 30.6 Å². The largest absolute Gasteiger partial charge is 0.383 e. The minimum Gasteiger partial charge on any atom is -0.383 e. The predicted octanol–water partition coefficient (Wildman–Crippen LogP) is 0.0979. The van der Waals surface area contributed by atoms with Gasteiger partial charge < -0.3 is 9.72 Å². The molecular formula is C7H12BrN3O3S. The van der Waals surface area contributed by atoms with Gasteiger partial charge >= 0.3 is 0 Å². The van der Waals surface area contributed by atoms with Crippen molar-refractivity contribution in [3.05, 3.63) is 12.5 Å². The van der Waals surface area contributed by atoms with E-state index in [1.807, 2.05) is 0 Å². The number of nitrogens with one attached hydrogen (secondary N) is 2. The minimum atomic E-state index is -3.53. The van der Waals surface area contributed by atoms with Crippen LogP contribution >= 0.6 is 15.9 Å². The van der Waals surface area contributed by atoms with E-state index in [1.165, 1.54) is 19.6 Å². The molecule has 1 aromatic rings. The van der Waals surface area contributed by atoms with E-state index in [-0.39, 0.29) is 11.1 Å². The Balaban J connectivity index is 2.72. The van der Waals surface area contributed by atoms with Gasteiger partial charge in [-0.25, -0.2) is 18.1 Å². The summed E-state index contributed by atoms with van der Waals surface area (Å²) in [6, 6.07) is -0.303. The molecule has 0 aliphatic heterocycles. The van der Waals surface area contributed by atoms with Crippen molar-refractivity contribution in [3.63, 3.8) is 0 Å². The molecule has 0 aliphatic rings. The highest BCUT2D eigenvalue weighted by atomic mass is 79.9. The molecule has 0 aliphatic carbocycles. The molecule has 0 bridgehead atoms. The van der Waals surface area contributed by atoms with Crippen molar-refractivity contribution >= 4 is 26.0 Å². The summed E-state index contributed by atoms with van der Waals surface area (Å²) >= 11 is 3.20. The molecule has 0 saturated carbocycles. The summed E-state index contributed by atoms with van der Waals surface area (Å²) in [5.41, 5.74) is 0. The molecule has 1 aromatic heterocycles. The molecule has 86 valence electrons. The zero-order valence-corrected chi connectivity index (χ0v) is 10.5. The molecule has 0 radical (unpaired) electrons. The number of sulfonamides is 1. The number of hydrogen-bond donors (Lipinski definition) is 2. The molecule has 1 unspecified atom stereocenters. The summed E-state index contributed by atoms with van der Waals surface area (Å²) in [7, 11) is -2.01. The van der Waals surface area contributed by atoms with E-state index in [4.69, 9.17) is 4.74 Å². The molecule has 1 heterocycles. The van der Waals surface area contributed by atoms with E-state index < -0.39 is 10.0 Å². The summed E-state index contributed by atoms with van der Waals surface area (Å²) in [6.45, 7) is 0.304. The summed E-state index contributed by atoms with van der Waals surface area (Å²) in [5, 5.41) is 0.526. The maximum absolute atomic E-state index is 11.7. The zero-order chi connectivity index (χ0) is 11.3. The van der Waals surface area contributed by atoms with Gasteiger partial charge in [-0.1, -0.05) is 15.9 Å².